The molecule has 1 amide bonds. The van der Waals surface area contributed by atoms with Crippen LogP contribution in [0.2, 0.25) is 0 Å². The molecule has 1 aromatic carbocycles. The number of nitrogens with zero attached hydrogens (tertiary/aromatic N) is 3. The van der Waals surface area contributed by atoms with Crippen molar-refractivity contribution in [2.45, 2.75) is 58.0 Å². The summed E-state index contributed by atoms with van der Waals surface area (Å²) in [5, 5.41) is 0.709. The van der Waals surface area contributed by atoms with Gasteiger partial charge < -0.3 is 5.73 Å². The van der Waals surface area contributed by atoms with E-state index in [1.807, 2.05) is 31.2 Å². The second-order valence-electron chi connectivity index (χ2n) is 8.00. The molecule has 2 heterocycles. The molecule has 1 aliphatic carbocycles. The number of aromatic amines is 1. The fourth-order valence-corrected chi connectivity index (χ4v) is 5.04. The number of fused-ring (bicyclic) bond motifs is 1. The highest BCUT2D eigenvalue weighted by atomic mass is 32.1. The maximum absolute atomic E-state index is 13.4. The number of nitrogens with two attached hydrogens (primary N) is 1. The van der Waals surface area contributed by atoms with Crippen LogP contribution in [0.25, 0.3) is 16.3 Å². The number of carbonyl (C=O) groups is 1. The SMILES string of the molecule is CCCCn1c(N)c(N(C(=O)C=Cc2nc3ccccc3s2)C2CCCC2)c(=O)[nH]c1=O. The van der Waals surface area contributed by atoms with Crippen LogP contribution in [0.5, 0.6) is 0 Å². The first-order chi connectivity index (χ1) is 15.5. The van der Waals surface area contributed by atoms with Gasteiger partial charge in [-0.3, -0.25) is 24.0 Å². The molecule has 4 rings (SSSR count). The van der Waals surface area contributed by atoms with Crippen LogP contribution in [-0.4, -0.2) is 26.5 Å². The Morgan fingerprint density at radius 2 is 2.06 bits per heavy atom. The molecule has 32 heavy (non-hydrogen) atoms. The van der Waals surface area contributed by atoms with E-state index < -0.39 is 11.2 Å². The normalized spacial score (nSPS) is 14.5. The minimum atomic E-state index is -0.631. The van der Waals surface area contributed by atoms with Gasteiger partial charge in [0.15, 0.2) is 5.69 Å². The van der Waals surface area contributed by atoms with Crippen LogP contribution in [0.4, 0.5) is 11.5 Å². The molecular formula is C23H27N5O3S. The molecule has 9 heteroatoms. The molecule has 0 atom stereocenters. The quantitative estimate of drug-likeness (QED) is 0.531. The van der Waals surface area contributed by atoms with E-state index in [2.05, 4.69) is 9.97 Å². The van der Waals surface area contributed by atoms with E-state index >= 15 is 0 Å². The molecule has 1 aliphatic rings. The van der Waals surface area contributed by atoms with E-state index in [0.717, 1.165) is 48.7 Å². The van der Waals surface area contributed by atoms with Crippen LogP contribution in [0.15, 0.2) is 39.9 Å². The Bertz CT molecular complexity index is 1230. The van der Waals surface area contributed by atoms with Crippen LogP contribution in [0, 0.1) is 0 Å². The number of nitrogens with one attached hydrogen (secondary N) is 1. The van der Waals surface area contributed by atoms with Gasteiger partial charge in [-0.2, -0.15) is 0 Å². The zero-order valence-electron chi connectivity index (χ0n) is 18.0. The number of H-pyrrole nitrogens is 1. The number of thiazole rings is 1. The Morgan fingerprint density at radius 3 is 2.78 bits per heavy atom. The Kier molecular flexibility index (Phi) is 6.55. The number of anilines is 2. The van der Waals surface area contributed by atoms with Gasteiger partial charge in [0.25, 0.3) is 11.5 Å². The minimum absolute atomic E-state index is 0.0424. The van der Waals surface area contributed by atoms with Gasteiger partial charge >= 0.3 is 5.69 Å². The van der Waals surface area contributed by atoms with Crippen LogP contribution in [0.3, 0.4) is 0 Å². The zero-order valence-corrected chi connectivity index (χ0v) is 18.9. The van der Waals surface area contributed by atoms with Gasteiger partial charge in [0.2, 0.25) is 0 Å². The Morgan fingerprint density at radius 1 is 1.31 bits per heavy atom. The Labute approximate surface area is 189 Å². The number of carbonyl (C=O) groups excluding carboxylic acids is 1. The third-order valence-electron chi connectivity index (χ3n) is 5.80. The van der Waals surface area contributed by atoms with Crippen LogP contribution < -0.4 is 21.9 Å². The summed E-state index contributed by atoms with van der Waals surface area (Å²) < 4.78 is 2.39. The molecule has 3 aromatic rings. The van der Waals surface area contributed by atoms with Crippen LogP contribution in [0.1, 0.15) is 50.5 Å². The molecule has 3 N–H and O–H groups in total. The molecule has 0 radical (unpaired) electrons. The monoisotopic (exact) mass is 453 g/mol. The van der Waals surface area contributed by atoms with Crippen LogP contribution >= 0.6 is 11.3 Å². The topological polar surface area (TPSA) is 114 Å². The predicted octanol–water partition coefficient (Wildman–Crippen LogP) is 3.52. The zero-order chi connectivity index (χ0) is 22.7. The van der Waals surface area contributed by atoms with Crippen molar-refractivity contribution in [1.82, 2.24) is 14.5 Å². The molecule has 8 nitrogen and oxygen atoms in total. The predicted molar refractivity (Wildman–Crippen MR) is 129 cm³/mol. The first-order valence-electron chi connectivity index (χ1n) is 11.0. The average molecular weight is 454 g/mol. The van der Waals surface area contributed by atoms with Crippen molar-refractivity contribution in [2.75, 3.05) is 10.6 Å². The molecule has 1 fully saturated rings. The van der Waals surface area contributed by atoms with Crippen molar-refractivity contribution < 1.29 is 4.79 Å². The number of para-hydroxylation sites is 1. The number of hydrogen-bond acceptors (Lipinski definition) is 6. The van der Waals surface area contributed by atoms with E-state index in [4.69, 9.17) is 5.73 Å². The highest BCUT2D eigenvalue weighted by molar-refractivity contribution is 7.19. The maximum Gasteiger partial charge on any atom is 0.330 e. The molecule has 168 valence electrons. The Hall–Kier alpha value is -3.20. The largest absolute Gasteiger partial charge is 0.383 e. The molecule has 0 saturated heterocycles. The van der Waals surface area contributed by atoms with Crippen molar-refractivity contribution in [3.05, 3.63) is 56.2 Å². The second kappa shape index (κ2) is 9.52. The summed E-state index contributed by atoms with van der Waals surface area (Å²) in [6.45, 7) is 2.40. The summed E-state index contributed by atoms with van der Waals surface area (Å²) in [4.78, 5) is 46.9. The van der Waals surface area contributed by atoms with Gasteiger partial charge in [-0.25, -0.2) is 9.78 Å². The lowest BCUT2D eigenvalue weighted by Crippen LogP contribution is -2.45. The highest BCUT2D eigenvalue weighted by Gasteiger charge is 2.31. The second-order valence-corrected chi connectivity index (χ2v) is 9.06. The van der Waals surface area contributed by atoms with E-state index in [0.29, 0.717) is 11.6 Å². The summed E-state index contributed by atoms with van der Waals surface area (Å²) >= 11 is 1.49. The number of unbranched alkanes of at least 4 members (excludes halogenated alkanes) is 1. The standard InChI is InChI=1S/C23H27N5O3S/c1-2-3-14-27-21(24)20(22(30)26-23(27)31)28(15-8-4-5-9-15)19(29)13-12-18-25-16-10-6-7-11-17(16)32-18/h6-7,10-13,15H,2-5,8-9,14,24H2,1H3,(H,26,30,31). The molecule has 0 unspecified atom stereocenters. The smallest absolute Gasteiger partial charge is 0.330 e. The molecule has 2 aromatic heterocycles. The van der Waals surface area contributed by atoms with Gasteiger partial charge in [-0.15, -0.1) is 11.3 Å². The van der Waals surface area contributed by atoms with E-state index in [-0.39, 0.29) is 23.5 Å². The van der Waals surface area contributed by atoms with Crippen molar-refractivity contribution >= 4 is 45.0 Å². The van der Waals surface area contributed by atoms with Gasteiger partial charge in [-0.1, -0.05) is 38.3 Å². The molecule has 1 saturated carbocycles. The summed E-state index contributed by atoms with van der Waals surface area (Å²) in [5.41, 5.74) is 6.06. The molecular weight excluding hydrogens is 426 g/mol. The lowest BCUT2D eigenvalue weighted by atomic mass is 10.2. The number of hydrogen-bond donors (Lipinski definition) is 2. The summed E-state index contributed by atoms with van der Waals surface area (Å²) in [6.07, 6.45) is 8.25. The minimum Gasteiger partial charge on any atom is -0.383 e. The van der Waals surface area contributed by atoms with Crippen LogP contribution in [-0.2, 0) is 11.3 Å². The van der Waals surface area contributed by atoms with E-state index in [1.54, 1.807) is 6.08 Å². The summed E-state index contributed by atoms with van der Waals surface area (Å²) in [6, 6.07) is 7.64. The lowest BCUT2D eigenvalue weighted by Gasteiger charge is -2.29. The first-order valence-corrected chi connectivity index (χ1v) is 11.8. The van der Waals surface area contributed by atoms with Crippen molar-refractivity contribution in [2.24, 2.45) is 0 Å². The van der Waals surface area contributed by atoms with E-state index in [1.165, 1.54) is 26.9 Å². The van der Waals surface area contributed by atoms with Gasteiger partial charge in [0.05, 0.1) is 10.2 Å². The lowest BCUT2D eigenvalue weighted by molar-refractivity contribution is -0.114. The maximum atomic E-state index is 13.4. The van der Waals surface area contributed by atoms with Gasteiger partial charge in [0, 0.05) is 18.7 Å². The number of rotatable bonds is 7. The van der Waals surface area contributed by atoms with Crippen molar-refractivity contribution in [3.8, 4) is 0 Å². The molecule has 0 spiro atoms. The third-order valence-corrected chi connectivity index (χ3v) is 6.80. The average Bonchev–Trinajstić information content (AvgIpc) is 3.44. The third kappa shape index (κ3) is 4.38. The van der Waals surface area contributed by atoms with Gasteiger partial charge in [-0.05, 0) is 37.5 Å². The number of amides is 1. The fourth-order valence-electron chi connectivity index (χ4n) is 4.17. The summed E-state index contributed by atoms with van der Waals surface area (Å²) in [5.74, 6) is -0.296. The molecule has 0 bridgehead atoms. The molecule has 0 aliphatic heterocycles. The first kappa shape index (κ1) is 22.0. The number of benzene rings is 1. The summed E-state index contributed by atoms with van der Waals surface area (Å²) in [7, 11) is 0. The number of nitrogen functional groups attached to an aromatic ring is 1. The van der Waals surface area contributed by atoms with E-state index in [9.17, 15) is 14.4 Å². The highest BCUT2D eigenvalue weighted by Crippen LogP contribution is 2.30. The van der Waals surface area contributed by atoms with Crippen molar-refractivity contribution in [1.29, 1.82) is 0 Å². The van der Waals surface area contributed by atoms with Crippen molar-refractivity contribution in [3.63, 3.8) is 0 Å². The van der Waals surface area contributed by atoms with Gasteiger partial charge in [0.1, 0.15) is 10.8 Å². The fraction of sp³-hybridized carbons (Fsp3) is 0.391. The Balaban J connectivity index is 1.72. The number of aromatic nitrogens is 3.